The lowest BCUT2D eigenvalue weighted by Gasteiger charge is -2.20. The van der Waals surface area contributed by atoms with Crippen LogP contribution >= 0.6 is 22.9 Å². The molecule has 7 heteroatoms. The summed E-state index contributed by atoms with van der Waals surface area (Å²) >= 11 is 7.52. The van der Waals surface area contributed by atoms with Crippen LogP contribution in [0.15, 0.2) is 29.1 Å². The number of hydrogen-bond acceptors (Lipinski definition) is 5. The first-order valence-electron chi connectivity index (χ1n) is 10.5. The van der Waals surface area contributed by atoms with E-state index in [4.69, 9.17) is 21.3 Å². The molecule has 162 valence electrons. The molecule has 0 aliphatic rings. The Kier molecular flexibility index (Phi) is 7.92. The minimum absolute atomic E-state index is 0.0858. The lowest BCUT2D eigenvalue weighted by atomic mass is 10.2. The molecule has 3 aromatic rings. The van der Waals surface area contributed by atoms with Crippen LogP contribution in [-0.4, -0.2) is 34.1 Å². The summed E-state index contributed by atoms with van der Waals surface area (Å²) in [5, 5.41) is 1.47. The van der Waals surface area contributed by atoms with Crippen molar-refractivity contribution in [3.05, 3.63) is 55.9 Å². The van der Waals surface area contributed by atoms with Gasteiger partial charge in [-0.25, -0.2) is 4.98 Å². The van der Waals surface area contributed by atoms with Crippen LogP contribution < -0.4 is 10.3 Å². The van der Waals surface area contributed by atoms with Crippen LogP contribution in [0.1, 0.15) is 43.0 Å². The molecule has 2 aromatic heterocycles. The van der Waals surface area contributed by atoms with Crippen LogP contribution in [0.3, 0.4) is 0 Å². The maximum absolute atomic E-state index is 13.3. The number of aryl methyl sites for hydroxylation is 2. The normalized spacial score (nSPS) is 11.5. The first-order chi connectivity index (χ1) is 14.4. The molecule has 0 saturated carbocycles. The van der Waals surface area contributed by atoms with E-state index in [0.29, 0.717) is 24.7 Å². The summed E-state index contributed by atoms with van der Waals surface area (Å²) in [6, 6.07) is 7.38. The van der Waals surface area contributed by atoms with Crippen molar-refractivity contribution in [2.24, 2.45) is 0 Å². The van der Waals surface area contributed by atoms with E-state index in [-0.39, 0.29) is 5.56 Å². The number of benzene rings is 1. The number of aromatic nitrogens is 2. The summed E-state index contributed by atoms with van der Waals surface area (Å²) in [5.41, 5.74) is 1.14. The zero-order chi connectivity index (χ0) is 21.7. The highest BCUT2D eigenvalue weighted by Crippen LogP contribution is 2.26. The predicted molar refractivity (Wildman–Crippen MR) is 126 cm³/mol. The highest BCUT2D eigenvalue weighted by atomic mass is 35.5. The van der Waals surface area contributed by atoms with Gasteiger partial charge in [0.15, 0.2) is 0 Å². The Bertz CT molecular complexity index is 1040. The second kappa shape index (κ2) is 10.4. The first-order valence-corrected chi connectivity index (χ1v) is 11.7. The van der Waals surface area contributed by atoms with Gasteiger partial charge in [-0.15, -0.1) is 11.3 Å². The number of fused-ring (bicyclic) bond motifs is 1. The molecule has 0 N–H and O–H groups in total. The van der Waals surface area contributed by atoms with E-state index in [0.717, 1.165) is 58.2 Å². The third kappa shape index (κ3) is 5.23. The molecule has 1 aromatic carbocycles. The predicted octanol–water partition coefficient (Wildman–Crippen LogP) is 5.43. The molecule has 0 fully saturated rings. The molecule has 0 radical (unpaired) electrons. The SMILES string of the molecule is CCN(CC)Cc1nc2sc(C)c(C)c2c(=O)n1CCCCOc1ccc(Cl)cc1. The fourth-order valence-corrected chi connectivity index (χ4v) is 4.63. The van der Waals surface area contributed by atoms with E-state index in [2.05, 4.69) is 25.7 Å². The van der Waals surface area contributed by atoms with Crippen LogP contribution in [0, 0.1) is 13.8 Å². The smallest absolute Gasteiger partial charge is 0.262 e. The Labute approximate surface area is 187 Å². The maximum Gasteiger partial charge on any atom is 0.262 e. The molecule has 0 bridgehead atoms. The summed E-state index contributed by atoms with van der Waals surface area (Å²) in [7, 11) is 0. The lowest BCUT2D eigenvalue weighted by Crippen LogP contribution is -2.31. The second-order valence-electron chi connectivity index (χ2n) is 7.42. The summed E-state index contributed by atoms with van der Waals surface area (Å²) in [5.74, 6) is 1.67. The Morgan fingerprint density at radius 1 is 1.13 bits per heavy atom. The van der Waals surface area contributed by atoms with E-state index < -0.39 is 0 Å². The van der Waals surface area contributed by atoms with Gasteiger partial charge in [-0.2, -0.15) is 0 Å². The summed E-state index contributed by atoms with van der Waals surface area (Å²) in [4.78, 5) is 22.5. The molecule has 0 saturated heterocycles. The Morgan fingerprint density at radius 3 is 2.50 bits per heavy atom. The number of nitrogens with zero attached hydrogens (tertiary/aromatic N) is 3. The minimum Gasteiger partial charge on any atom is -0.494 e. The number of thiophene rings is 1. The van der Waals surface area contributed by atoms with Crippen molar-refractivity contribution in [1.82, 2.24) is 14.5 Å². The zero-order valence-corrected chi connectivity index (χ0v) is 19.8. The van der Waals surface area contributed by atoms with E-state index in [1.54, 1.807) is 11.3 Å². The van der Waals surface area contributed by atoms with E-state index in [9.17, 15) is 4.79 Å². The van der Waals surface area contributed by atoms with Gasteiger partial charge >= 0.3 is 0 Å². The largest absolute Gasteiger partial charge is 0.494 e. The highest BCUT2D eigenvalue weighted by Gasteiger charge is 2.17. The fraction of sp³-hybridized carbons (Fsp3) is 0.478. The second-order valence-corrected chi connectivity index (χ2v) is 9.06. The van der Waals surface area contributed by atoms with E-state index in [1.165, 1.54) is 0 Å². The molecule has 30 heavy (non-hydrogen) atoms. The van der Waals surface area contributed by atoms with Gasteiger partial charge in [0.1, 0.15) is 16.4 Å². The number of halogens is 1. The third-order valence-corrected chi connectivity index (χ3v) is 6.84. The van der Waals surface area contributed by atoms with E-state index >= 15 is 0 Å². The van der Waals surface area contributed by atoms with Gasteiger partial charge in [-0.1, -0.05) is 25.4 Å². The van der Waals surface area contributed by atoms with Crippen molar-refractivity contribution in [2.75, 3.05) is 19.7 Å². The third-order valence-electron chi connectivity index (χ3n) is 5.49. The van der Waals surface area contributed by atoms with Gasteiger partial charge in [0.2, 0.25) is 0 Å². The number of ether oxygens (including phenoxy) is 1. The van der Waals surface area contributed by atoms with Gasteiger partial charge in [-0.3, -0.25) is 14.3 Å². The van der Waals surface area contributed by atoms with Crippen molar-refractivity contribution >= 4 is 33.2 Å². The lowest BCUT2D eigenvalue weighted by molar-refractivity contribution is 0.278. The standard InChI is InChI=1S/C23H30ClN3O2S/c1-5-26(6-2)15-20-25-22-21(16(3)17(4)30-22)23(28)27(20)13-7-8-14-29-19-11-9-18(24)10-12-19/h9-12H,5-8,13-15H2,1-4H3. The molecule has 5 nitrogen and oxygen atoms in total. The van der Waals surface area contributed by atoms with Gasteiger partial charge < -0.3 is 4.74 Å². The van der Waals surface area contributed by atoms with Crippen molar-refractivity contribution in [3.63, 3.8) is 0 Å². The zero-order valence-electron chi connectivity index (χ0n) is 18.2. The molecular formula is C23H30ClN3O2S. The Morgan fingerprint density at radius 2 is 1.83 bits per heavy atom. The van der Waals surface area contributed by atoms with Crippen LogP contribution in [0.25, 0.3) is 10.2 Å². The summed E-state index contributed by atoms with van der Waals surface area (Å²) < 4.78 is 7.66. The Hall–Kier alpha value is -1.89. The number of unbranched alkanes of at least 4 members (excludes halogenated alkanes) is 1. The average molecular weight is 448 g/mol. The fourth-order valence-electron chi connectivity index (χ4n) is 3.46. The summed E-state index contributed by atoms with van der Waals surface area (Å²) in [6.45, 7) is 12.2. The number of hydrogen-bond donors (Lipinski definition) is 0. The monoisotopic (exact) mass is 447 g/mol. The van der Waals surface area contributed by atoms with Gasteiger partial charge in [-0.05, 0) is 69.6 Å². The first kappa shape index (κ1) is 22.8. The van der Waals surface area contributed by atoms with Crippen LogP contribution in [0.4, 0.5) is 0 Å². The maximum atomic E-state index is 13.3. The molecule has 0 atom stereocenters. The number of rotatable bonds is 10. The molecule has 0 aliphatic carbocycles. The molecule has 2 heterocycles. The van der Waals surface area contributed by atoms with Crippen molar-refractivity contribution in [1.29, 1.82) is 0 Å². The molecule has 0 unspecified atom stereocenters. The molecule has 0 spiro atoms. The van der Waals surface area contributed by atoms with Crippen molar-refractivity contribution in [2.45, 2.75) is 53.6 Å². The average Bonchev–Trinajstić information content (AvgIpc) is 3.02. The van der Waals surface area contributed by atoms with Crippen molar-refractivity contribution in [3.8, 4) is 5.75 Å². The molecule has 0 aliphatic heterocycles. The van der Waals surface area contributed by atoms with E-state index in [1.807, 2.05) is 35.8 Å². The minimum atomic E-state index is 0.0858. The van der Waals surface area contributed by atoms with Crippen LogP contribution in [-0.2, 0) is 13.1 Å². The van der Waals surface area contributed by atoms with Gasteiger partial charge in [0.05, 0.1) is 18.5 Å². The molecule has 3 rings (SSSR count). The topological polar surface area (TPSA) is 47.4 Å². The van der Waals surface area contributed by atoms with Gasteiger partial charge in [0, 0.05) is 16.4 Å². The van der Waals surface area contributed by atoms with Crippen molar-refractivity contribution < 1.29 is 4.74 Å². The Balaban J connectivity index is 1.74. The highest BCUT2D eigenvalue weighted by molar-refractivity contribution is 7.18. The molecular weight excluding hydrogens is 418 g/mol. The van der Waals surface area contributed by atoms with Gasteiger partial charge in [0.25, 0.3) is 5.56 Å². The quantitative estimate of drug-likeness (QED) is 0.389. The van der Waals surface area contributed by atoms with Crippen LogP contribution in [0.5, 0.6) is 5.75 Å². The van der Waals surface area contributed by atoms with Crippen LogP contribution in [0.2, 0.25) is 5.02 Å². The molecule has 0 amide bonds. The summed E-state index contributed by atoms with van der Waals surface area (Å²) in [6.07, 6.45) is 1.72.